The molecule has 2 heterocycles. The molecule has 1 N–H and O–H groups in total. The molecule has 0 aliphatic rings. The highest BCUT2D eigenvalue weighted by Gasteiger charge is 2.18. The minimum atomic E-state index is -0.954. The number of aryl methyl sites for hydroxylation is 1. The molecule has 0 bridgehead atoms. The van der Waals surface area contributed by atoms with Crippen LogP contribution in [0, 0.1) is 0 Å². The second-order valence-electron chi connectivity index (χ2n) is 4.92. The van der Waals surface area contributed by atoms with Crippen LogP contribution < -0.4 is 0 Å². The Morgan fingerprint density at radius 2 is 2.12 bits per heavy atom. The van der Waals surface area contributed by atoms with E-state index >= 15 is 0 Å². The largest absolute Gasteiger partial charge is 0.478 e. The van der Waals surface area contributed by atoms with Crippen LogP contribution >= 0.6 is 23.4 Å². The lowest BCUT2D eigenvalue weighted by atomic mass is 10.2. The smallest absolute Gasteiger partial charge is 0.336 e. The number of benzene rings is 1. The van der Waals surface area contributed by atoms with E-state index in [-0.39, 0.29) is 5.56 Å². The zero-order chi connectivity index (χ0) is 17.1. The number of nitrogens with zero attached hydrogens (tertiary/aromatic N) is 4. The molecule has 6 nitrogen and oxygen atoms in total. The van der Waals surface area contributed by atoms with E-state index in [1.807, 2.05) is 6.07 Å². The maximum Gasteiger partial charge on any atom is 0.336 e. The number of thioether (sulfide) groups is 1. The Hall–Kier alpha value is -2.38. The van der Waals surface area contributed by atoms with Crippen LogP contribution in [-0.2, 0) is 12.8 Å². The van der Waals surface area contributed by atoms with Crippen molar-refractivity contribution in [3.63, 3.8) is 0 Å². The molecule has 2 aromatic heterocycles. The fourth-order valence-corrected chi connectivity index (χ4v) is 3.55. The van der Waals surface area contributed by atoms with Crippen LogP contribution in [0.3, 0.4) is 0 Å². The zero-order valence-corrected chi connectivity index (χ0v) is 14.3. The van der Waals surface area contributed by atoms with Crippen molar-refractivity contribution < 1.29 is 9.90 Å². The fourth-order valence-electron chi connectivity index (χ4n) is 2.22. The number of hydrogen-bond donors (Lipinski definition) is 1. The minimum absolute atomic E-state index is 0.267. The average molecular weight is 361 g/mol. The average Bonchev–Trinajstić information content (AvgIpc) is 2.89. The van der Waals surface area contributed by atoms with Crippen molar-refractivity contribution in [3.8, 4) is 11.4 Å². The number of carbonyl (C=O) groups is 1. The van der Waals surface area contributed by atoms with Crippen molar-refractivity contribution in [2.24, 2.45) is 7.05 Å². The quantitative estimate of drug-likeness (QED) is 0.701. The van der Waals surface area contributed by atoms with Gasteiger partial charge in [-0.2, -0.15) is 5.10 Å². The second kappa shape index (κ2) is 7.02. The summed E-state index contributed by atoms with van der Waals surface area (Å²) < 4.78 is 1.57. The number of aromatic nitrogens is 4. The summed E-state index contributed by atoms with van der Waals surface area (Å²) >= 11 is 7.75. The number of carboxylic acid groups (broad SMARTS) is 1. The van der Waals surface area contributed by atoms with Crippen LogP contribution in [0.5, 0.6) is 0 Å². The first-order chi connectivity index (χ1) is 11.6. The lowest BCUT2D eigenvalue weighted by molar-refractivity contribution is 0.0693. The molecule has 3 aromatic rings. The second-order valence-corrected chi connectivity index (χ2v) is 6.30. The molecule has 0 atom stereocenters. The molecular formula is C16H13ClN4O2S. The van der Waals surface area contributed by atoms with Crippen LogP contribution in [0.4, 0.5) is 0 Å². The fraction of sp³-hybridized carbons (Fsp3) is 0.125. The molecular weight excluding hydrogens is 348 g/mol. The van der Waals surface area contributed by atoms with Gasteiger partial charge < -0.3 is 5.11 Å². The summed E-state index contributed by atoms with van der Waals surface area (Å²) in [6, 6.07) is 6.87. The highest BCUT2D eigenvalue weighted by atomic mass is 35.5. The lowest BCUT2D eigenvalue weighted by Gasteiger charge is -2.06. The topological polar surface area (TPSA) is 80.9 Å². The van der Waals surface area contributed by atoms with Crippen molar-refractivity contribution >= 4 is 29.3 Å². The molecule has 0 saturated heterocycles. The molecule has 0 unspecified atom stereocenters. The molecule has 0 spiro atoms. The molecule has 3 rings (SSSR count). The van der Waals surface area contributed by atoms with Crippen molar-refractivity contribution in [2.75, 3.05) is 0 Å². The van der Waals surface area contributed by atoms with Crippen LogP contribution in [0.25, 0.3) is 11.4 Å². The van der Waals surface area contributed by atoms with E-state index in [0.717, 1.165) is 5.56 Å². The third-order valence-corrected chi connectivity index (χ3v) is 4.94. The Morgan fingerprint density at radius 1 is 1.33 bits per heavy atom. The summed E-state index contributed by atoms with van der Waals surface area (Å²) in [6.07, 6.45) is 4.80. The number of rotatable bonds is 5. The van der Waals surface area contributed by atoms with Gasteiger partial charge in [0.15, 0.2) is 0 Å². The summed E-state index contributed by atoms with van der Waals surface area (Å²) in [6.45, 7) is 0. The third-order valence-electron chi connectivity index (χ3n) is 3.36. The Kier molecular flexibility index (Phi) is 4.82. The summed E-state index contributed by atoms with van der Waals surface area (Å²) in [5.41, 5.74) is 2.34. The van der Waals surface area contributed by atoms with E-state index in [0.29, 0.717) is 27.2 Å². The Morgan fingerprint density at radius 3 is 2.83 bits per heavy atom. The number of aromatic carboxylic acids is 1. The third kappa shape index (κ3) is 3.27. The molecule has 8 heteroatoms. The van der Waals surface area contributed by atoms with E-state index in [1.165, 1.54) is 11.8 Å². The number of carboxylic acids is 1. The van der Waals surface area contributed by atoms with Gasteiger partial charge in [0.05, 0.1) is 11.8 Å². The van der Waals surface area contributed by atoms with E-state index in [4.69, 9.17) is 11.6 Å². The Labute approximate surface area is 147 Å². The predicted octanol–water partition coefficient (Wildman–Crippen LogP) is 3.52. The maximum atomic E-state index is 11.3. The first kappa shape index (κ1) is 16.5. The van der Waals surface area contributed by atoms with Crippen molar-refractivity contribution in [1.29, 1.82) is 0 Å². The Bertz CT molecular complexity index is 883. The molecule has 0 radical (unpaired) electrons. The maximum absolute atomic E-state index is 11.3. The van der Waals surface area contributed by atoms with Crippen molar-refractivity contribution in [2.45, 2.75) is 10.6 Å². The van der Waals surface area contributed by atoms with Crippen LogP contribution in [0.15, 0.2) is 47.8 Å². The highest BCUT2D eigenvalue weighted by molar-refractivity contribution is 7.98. The van der Waals surface area contributed by atoms with E-state index in [2.05, 4.69) is 15.1 Å². The van der Waals surface area contributed by atoms with Gasteiger partial charge in [-0.05, 0) is 12.1 Å². The van der Waals surface area contributed by atoms with E-state index in [1.54, 1.807) is 48.5 Å². The first-order valence-electron chi connectivity index (χ1n) is 7.01. The summed E-state index contributed by atoms with van der Waals surface area (Å²) in [4.78, 5) is 20.3. The number of halogens is 1. The van der Waals surface area contributed by atoms with Gasteiger partial charge in [0.1, 0.15) is 16.5 Å². The van der Waals surface area contributed by atoms with Gasteiger partial charge in [-0.25, -0.2) is 4.79 Å². The molecule has 0 amide bonds. The molecule has 24 heavy (non-hydrogen) atoms. The molecule has 0 aliphatic carbocycles. The van der Waals surface area contributed by atoms with Gasteiger partial charge in [0, 0.05) is 35.7 Å². The highest BCUT2D eigenvalue weighted by Crippen LogP contribution is 2.34. The summed E-state index contributed by atoms with van der Waals surface area (Å²) in [7, 11) is 1.75. The summed E-state index contributed by atoms with van der Waals surface area (Å²) in [5.74, 6) is -0.479. The van der Waals surface area contributed by atoms with Gasteiger partial charge in [0.25, 0.3) is 0 Å². The minimum Gasteiger partial charge on any atom is -0.478 e. The summed E-state index contributed by atoms with van der Waals surface area (Å²) in [5, 5.41) is 14.2. The first-order valence-corrected chi connectivity index (χ1v) is 8.37. The molecule has 0 fully saturated rings. The van der Waals surface area contributed by atoms with Gasteiger partial charge >= 0.3 is 5.97 Å². The molecule has 1 aromatic carbocycles. The molecule has 0 saturated carbocycles. The van der Waals surface area contributed by atoms with Gasteiger partial charge in [0.2, 0.25) is 0 Å². The molecule has 122 valence electrons. The van der Waals surface area contributed by atoms with E-state index < -0.39 is 5.97 Å². The lowest BCUT2D eigenvalue weighted by Crippen LogP contribution is -1.98. The monoisotopic (exact) mass is 360 g/mol. The van der Waals surface area contributed by atoms with Crippen LogP contribution in [-0.4, -0.2) is 30.8 Å². The Balaban J connectivity index is 1.93. The normalized spacial score (nSPS) is 10.8. The van der Waals surface area contributed by atoms with Gasteiger partial charge in [-0.3, -0.25) is 14.6 Å². The van der Waals surface area contributed by atoms with Crippen LogP contribution in [0.2, 0.25) is 5.15 Å². The number of hydrogen-bond acceptors (Lipinski definition) is 5. The van der Waals surface area contributed by atoms with Crippen molar-refractivity contribution in [3.05, 3.63) is 59.1 Å². The standard InChI is InChI=1S/C16H13ClN4O2S/c1-21-15(17)11(14(20-21)12-8-18-6-7-19-12)9-24-13-5-3-2-4-10(13)16(22)23/h2-8H,9H2,1H3,(H,22,23). The zero-order valence-electron chi connectivity index (χ0n) is 12.7. The van der Waals surface area contributed by atoms with Crippen molar-refractivity contribution in [1.82, 2.24) is 19.7 Å². The SMILES string of the molecule is Cn1nc(-c2cnccn2)c(CSc2ccccc2C(=O)O)c1Cl. The van der Waals surface area contributed by atoms with Gasteiger partial charge in [-0.1, -0.05) is 23.7 Å². The van der Waals surface area contributed by atoms with Crippen LogP contribution in [0.1, 0.15) is 15.9 Å². The predicted molar refractivity (Wildman–Crippen MR) is 92.2 cm³/mol. The van der Waals surface area contributed by atoms with E-state index in [9.17, 15) is 9.90 Å². The molecule has 0 aliphatic heterocycles. The van der Waals surface area contributed by atoms with Gasteiger partial charge in [-0.15, -0.1) is 11.8 Å².